The maximum absolute atomic E-state index is 12.1. The quantitative estimate of drug-likeness (QED) is 0.867. The van der Waals surface area contributed by atoms with E-state index in [1.807, 2.05) is 33.1 Å². The first-order chi connectivity index (χ1) is 7.66. The lowest BCUT2D eigenvalue weighted by Crippen LogP contribution is -2.55. The molecule has 0 radical (unpaired) electrons. The van der Waals surface area contributed by atoms with Gasteiger partial charge in [0.2, 0.25) is 5.91 Å². The van der Waals surface area contributed by atoms with Crippen molar-refractivity contribution in [3.63, 3.8) is 0 Å². The number of carbonyl (C=O) groups is 1. The van der Waals surface area contributed by atoms with E-state index in [0.29, 0.717) is 6.54 Å². The van der Waals surface area contributed by atoms with Gasteiger partial charge in [-0.25, -0.2) is 0 Å². The molecule has 0 bridgehead atoms. The molecule has 0 aliphatic heterocycles. The summed E-state index contributed by atoms with van der Waals surface area (Å²) in [5, 5.41) is 5.00. The molecular weight excluding hydrogens is 232 g/mol. The van der Waals surface area contributed by atoms with Crippen molar-refractivity contribution in [3.05, 3.63) is 21.9 Å². The average molecular weight is 254 g/mol. The van der Waals surface area contributed by atoms with Gasteiger partial charge in [0.25, 0.3) is 0 Å². The fourth-order valence-corrected chi connectivity index (χ4v) is 2.11. The maximum atomic E-state index is 12.1. The zero-order valence-corrected chi connectivity index (χ0v) is 12.1. The van der Waals surface area contributed by atoms with Gasteiger partial charge in [-0.15, -0.1) is 11.3 Å². The molecule has 3 N–H and O–H groups in total. The number of nitrogens with two attached hydrogens (primary N) is 1. The second kappa shape index (κ2) is 4.78. The number of nitrogens with one attached hydrogen (secondary N) is 1. The zero-order chi connectivity index (χ0) is 13.3. The Labute approximate surface area is 107 Å². The summed E-state index contributed by atoms with van der Waals surface area (Å²) in [7, 11) is 0. The van der Waals surface area contributed by atoms with E-state index in [1.54, 1.807) is 11.3 Å². The molecule has 0 saturated carbocycles. The number of aryl methyl sites for hydroxylation is 1. The van der Waals surface area contributed by atoms with Crippen LogP contribution in [0.1, 0.15) is 38.1 Å². The van der Waals surface area contributed by atoms with Gasteiger partial charge in [0.05, 0.1) is 12.0 Å². The van der Waals surface area contributed by atoms with E-state index >= 15 is 0 Å². The summed E-state index contributed by atoms with van der Waals surface area (Å²) < 4.78 is 0. The molecule has 3 nitrogen and oxygen atoms in total. The van der Waals surface area contributed by atoms with Crippen LogP contribution in [0.5, 0.6) is 0 Å². The Morgan fingerprint density at radius 1 is 1.41 bits per heavy atom. The van der Waals surface area contributed by atoms with Crippen LogP contribution in [0.25, 0.3) is 0 Å². The lowest BCUT2D eigenvalue weighted by Gasteiger charge is -2.36. The monoisotopic (exact) mass is 254 g/mol. The van der Waals surface area contributed by atoms with Crippen LogP contribution in [-0.4, -0.2) is 11.4 Å². The van der Waals surface area contributed by atoms with Crippen LogP contribution in [0.4, 0.5) is 0 Å². The van der Waals surface area contributed by atoms with Crippen molar-refractivity contribution < 1.29 is 4.79 Å². The van der Waals surface area contributed by atoms with Gasteiger partial charge in [-0.3, -0.25) is 4.79 Å². The molecule has 1 rings (SSSR count). The average Bonchev–Trinajstić information content (AvgIpc) is 2.58. The van der Waals surface area contributed by atoms with Gasteiger partial charge in [0.1, 0.15) is 0 Å². The third-order valence-corrected chi connectivity index (χ3v) is 4.58. The molecule has 0 unspecified atom stereocenters. The van der Waals surface area contributed by atoms with Gasteiger partial charge in [0.15, 0.2) is 0 Å². The zero-order valence-electron chi connectivity index (χ0n) is 11.3. The number of thiophene rings is 1. The molecule has 1 aromatic heterocycles. The number of carbonyl (C=O) groups excluding carboxylic acids is 1. The molecule has 0 atom stereocenters. The van der Waals surface area contributed by atoms with Crippen molar-refractivity contribution in [1.29, 1.82) is 0 Å². The SMILES string of the molecule is Cc1ccsc1CNC(=O)C(C)(C)C(C)(C)N. The van der Waals surface area contributed by atoms with Crippen LogP contribution in [0.3, 0.4) is 0 Å². The first-order valence-corrected chi connectivity index (χ1v) is 6.64. The predicted octanol–water partition coefficient (Wildman–Crippen LogP) is 2.44. The van der Waals surface area contributed by atoms with Gasteiger partial charge in [-0.2, -0.15) is 0 Å². The van der Waals surface area contributed by atoms with Gasteiger partial charge in [-0.1, -0.05) is 0 Å². The fraction of sp³-hybridized carbons (Fsp3) is 0.615. The second-order valence-electron chi connectivity index (χ2n) is 5.56. The van der Waals surface area contributed by atoms with Crippen molar-refractivity contribution in [2.75, 3.05) is 0 Å². The van der Waals surface area contributed by atoms with Gasteiger partial charge < -0.3 is 11.1 Å². The van der Waals surface area contributed by atoms with E-state index in [-0.39, 0.29) is 5.91 Å². The van der Waals surface area contributed by atoms with Crippen LogP contribution in [-0.2, 0) is 11.3 Å². The lowest BCUT2D eigenvalue weighted by molar-refractivity contribution is -0.132. The number of amides is 1. The van der Waals surface area contributed by atoms with Crippen molar-refractivity contribution in [3.8, 4) is 0 Å². The van der Waals surface area contributed by atoms with Crippen molar-refractivity contribution in [1.82, 2.24) is 5.32 Å². The number of hydrogen-bond acceptors (Lipinski definition) is 3. The third-order valence-electron chi connectivity index (χ3n) is 3.56. The van der Waals surface area contributed by atoms with Gasteiger partial charge in [0, 0.05) is 10.4 Å². The molecule has 96 valence electrons. The summed E-state index contributed by atoms with van der Waals surface area (Å²) in [6.07, 6.45) is 0. The second-order valence-corrected chi connectivity index (χ2v) is 6.56. The van der Waals surface area contributed by atoms with Crippen LogP contribution in [0.2, 0.25) is 0 Å². The summed E-state index contributed by atoms with van der Waals surface area (Å²) in [6.45, 7) is 10.1. The Morgan fingerprint density at radius 2 is 2.00 bits per heavy atom. The lowest BCUT2D eigenvalue weighted by atomic mass is 9.74. The molecule has 0 spiro atoms. The molecule has 1 aromatic rings. The van der Waals surface area contributed by atoms with E-state index in [2.05, 4.69) is 18.3 Å². The van der Waals surface area contributed by atoms with Crippen molar-refractivity contribution >= 4 is 17.2 Å². The highest BCUT2D eigenvalue weighted by atomic mass is 32.1. The van der Waals surface area contributed by atoms with Crippen LogP contribution in [0.15, 0.2) is 11.4 Å². The highest BCUT2D eigenvalue weighted by Crippen LogP contribution is 2.28. The third kappa shape index (κ3) is 3.07. The number of hydrogen-bond donors (Lipinski definition) is 2. The molecule has 0 saturated heterocycles. The molecule has 4 heteroatoms. The van der Waals surface area contributed by atoms with E-state index in [1.165, 1.54) is 10.4 Å². The smallest absolute Gasteiger partial charge is 0.227 e. The fourth-order valence-electron chi connectivity index (χ4n) is 1.26. The first-order valence-electron chi connectivity index (χ1n) is 5.76. The van der Waals surface area contributed by atoms with E-state index in [9.17, 15) is 4.79 Å². The minimum absolute atomic E-state index is 0.00204. The minimum atomic E-state index is -0.585. The first kappa shape index (κ1) is 14.2. The van der Waals surface area contributed by atoms with E-state index in [4.69, 9.17) is 5.73 Å². The van der Waals surface area contributed by atoms with Crippen LogP contribution >= 0.6 is 11.3 Å². The Balaban J connectivity index is 2.65. The molecular formula is C13H22N2OS. The van der Waals surface area contributed by atoms with Crippen LogP contribution < -0.4 is 11.1 Å². The standard InChI is InChI=1S/C13H22N2OS/c1-9-6-7-17-10(9)8-15-11(16)12(2,3)13(4,5)14/h6-7H,8,14H2,1-5H3,(H,15,16). The molecule has 0 aliphatic carbocycles. The summed E-state index contributed by atoms with van der Waals surface area (Å²) >= 11 is 1.66. The molecule has 0 fully saturated rings. The molecule has 0 aromatic carbocycles. The minimum Gasteiger partial charge on any atom is -0.351 e. The van der Waals surface area contributed by atoms with E-state index < -0.39 is 11.0 Å². The summed E-state index contributed by atoms with van der Waals surface area (Å²) in [5.74, 6) is -0.00204. The Morgan fingerprint density at radius 3 is 2.41 bits per heavy atom. The number of rotatable bonds is 4. The van der Waals surface area contributed by atoms with E-state index in [0.717, 1.165) is 0 Å². The van der Waals surface area contributed by atoms with Crippen molar-refractivity contribution in [2.24, 2.45) is 11.1 Å². The Bertz CT molecular complexity index is 402. The summed E-state index contributed by atoms with van der Waals surface area (Å²) in [5.41, 5.74) is 6.13. The Hall–Kier alpha value is -0.870. The largest absolute Gasteiger partial charge is 0.351 e. The highest BCUT2D eigenvalue weighted by molar-refractivity contribution is 7.10. The normalized spacial score (nSPS) is 12.6. The topological polar surface area (TPSA) is 55.1 Å². The van der Waals surface area contributed by atoms with Gasteiger partial charge >= 0.3 is 0 Å². The molecule has 0 aliphatic rings. The maximum Gasteiger partial charge on any atom is 0.227 e. The van der Waals surface area contributed by atoms with Crippen molar-refractivity contribution in [2.45, 2.75) is 46.7 Å². The predicted molar refractivity (Wildman–Crippen MR) is 73.0 cm³/mol. The molecule has 17 heavy (non-hydrogen) atoms. The summed E-state index contributed by atoms with van der Waals surface area (Å²) in [6, 6.07) is 2.06. The Kier molecular flexibility index (Phi) is 3.99. The van der Waals surface area contributed by atoms with Gasteiger partial charge in [-0.05, 0) is 51.6 Å². The summed E-state index contributed by atoms with van der Waals surface area (Å²) in [4.78, 5) is 13.3. The molecule has 1 amide bonds. The molecule has 1 heterocycles. The highest BCUT2D eigenvalue weighted by Gasteiger charge is 2.40. The van der Waals surface area contributed by atoms with Crippen LogP contribution in [0, 0.1) is 12.3 Å².